The highest BCUT2D eigenvalue weighted by atomic mass is 127. The third-order valence-corrected chi connectivity index (χ3v) is 5.78. The predicted octanol–water partition coefficient (Wildman–Crippen LogP) is 5.97. The van der Waals surface area contributed by atoms with E-state index in [2.05, 4.69) is 45.2 Å². The molecule has 2 aromatic carbocycles. The highest BCUT2D eigenvalue weighted by Crippen LogP contribution is 2.40. The first kappa shape index (κ1) is 14.9. The van der Waals surface area contributed by atoms with Crippen molar-refractivity contribution in [1.29, 1.82) is 0 Å². The minimum Gasteiger partial charge on any atom is -0.206 e. The molecule has 0 fully saturated rings. The Kier molecular flexibility index (Phi) is 5.58. The molecular weight excluding hydrogens is 500 g/mol. The molecule has 0 saturated heterocycles. The van der Waals surface area contributed by atoms with Gasteiger partial charge in [0.15, 0.2) is 0 Å². The summed E-state index contributed by atoms with van der Waals surface area (Å²) in [6.45, 7) is 0. The molecule has 0 aliphatic rings. The lowest BCUT2D eigenvalue weighted by atomic mass is 10.3. The minimum absolute atomic E-state index is 0.273. The van der Waals surface area contributed by atoms with E-state index in [9.17, 15) is 8.78 Å². The summed E-state index contributed by atoms with van der Waals surface area (Å²) in [6.07, 6.45) is 0. The first-order valence-electron chi connectivity index (χ1n) is 4.81. The van der Waals surface area contributed by atoms with Crippen molar-refractivity contribution in [3.63, 3.8) is 0 Å². The molecule has 2 rings (SSSR count). The van der Waals surface area contributed by atoms with Gasteiger partial charge in [-0.2, -0.15) is 0 Å². The van der Waals surface area contributed by atoms with Gasteiger partial charge < -0.3 is 0 Å². The van der Waals surface area contributed by atoms with Crippen LogP contribution in [0.25, 0.3) is 0 Å². The SMILES string of the molecule is Fc1cc(I)ccc1SSc1ccc(I)cc1F. The normalized spacial score (nSPS) is 10.7. The molecular formula is C12H6F2I2S2. The molecule has 0 N–H and O–H groups in total. The molecule has 2 aromatic rings. The quantitative estimate of drug-likeness (QED) is 0.372. The summed E-state index contributed by atoms with van der Waals surface area (Å²) in [6, 6.07) is 10.0. The Balaban J connectivity index is 2.11. The minimum atomic E-state index is -0.273. The average Bonchev–Trinajstić information content (AvgIpc) is 2.30. The van der Waals surface area contributed by atoms with Crippen molar-refractivity contribution in [2.45, 2.75) is 9.79 Å². The summed E-state index contributed by atoms with van der Waals surface area (Å²) in [7, 11) is 2.45. The van der Waals surface area contributed by atoms with Crippen molar-refractivity contribution < 1.29 is 8.78 Å². The monoisotopic (exact) mass is 506 g/mol. The Morgan fingerprint density at radius 3 is 1.44 bits per heavy atom. The van der Waals surface area contributed by atoms with Gasteiger partial charge in [0.2, 0.25) is 0 Å². The number of benzene rings is 2. The van der Waals surface area contributed by atoms with E-state index >= 15 is 0 Å². The van der Waals surface area contributed by atoms with E-state index < -0.39 is 0 Å². The molecule has 0 saturated carbocycles. The molecule has 0 spiro atoms. The fourth-order valence-electron chi connectivity index (χ4n) is 1.18. The van der Waals surface area contributed by atoms with E-state index in [0.29, 0.717) is 9.79 Å². The fraction of sp³-hybridized carbons (Fsp3) is 0. The van der Waals surface area contributed by atoms with Crippen molar-refractivity contribution in [2.24, 2.45) is 0 Å². The Morgan fingerprint density at radius 1 is 0.722 bits per heavy atom. The zero-order valence-corrected chi connectivity index (χ0v) is 14.7. The van der Waals surface area contributed by atoms with Crippen LogP contribution in [0.5, 0.6) is 0 Å². The number of hydrogen-bond acceptors (Lipinski definition) is 2. The molecule has 0 aliphatic heterocycles. The lowest BCUT2D eigenvalue weighted by molar-refractivity contribution is 0.600. The van der Waals surface area contributed by atoms with Crippen molar-refractivity contribution in [1.82, 2.24) is 0 Å². The Hall–Kier alpha value is 0.460. The molecule has 0 unspecified atom stereocenters. The maximum atomic E-state index is 13.6. The summed E-state index contributed by atoms with van der Waals surface area (Å²) in [5, 5.41) is 0. The van der Waals surface area contributed by atoms with E-state index in [-0.39, 0.29) is 11.6 Å². The summed E-state index contributed by atoms with van der Waals surface area (Å²) in [4.78, 5) is 1.02. The second-order valence-corrected chi connectivity index (χ2v) is 8.02. The lowest BCUT2D eigenvalue weighted by Crippen LogP contribution is -1.83. The first-order valence-corrected chi connectivity index (χ1v) is 9.11. The Morgan fingerprint density at radius 2 is 1.11 bits per heavy atom. The Bertz CT molecular complexity index is 524. The van der Waals surface area contributed by atoms with Crippen LogP contribution in [0.2, 0.25) is 0 Å². The van der Waals surface area contributed by atoms with Gasteiger partial charge in [-0.25, -0.2) is 8.78 Å². The van der Waals surface area contributed by atoms with E-state index in [1.165, 1.54) is 33.7 Å². The molecule has 0 amide bonds. The highest BCUT2D eigenvalue weighted by Gasteiger charge is 2.08. The van der Waals surface area contributed by atoms with Crippen LogP contribution < -0.4 is 0 Å². The van der Waals surface area contributed by atoms with E-state index in [4.69, 9.17) is 0 Å². The van der Waals surface area contributed by atoms with Gasteiger partial charge in [0, 0.05) is 7.14 Å². The summed E-state index contributed by atoms with van der Waals surface area (Å²) < 4.78 is 28.9. The van der Waals surface area contributed by atoms with Crippen molar-refractivity contribution in [3.05, 3.63) is 55.2 Å². The van der Waals surface area contributed by atoms with Crippen molar-refractivity contribution in [3.8, 4) is 0 Å². The zero-order chi connectivity index (χ0) is 13.1. The standard InChI is InChI=1S/C12H6F2I2S2/c13-9-5-7(15)1-3-11(9)17-18-12-4-2-8(16)6-10(12)14/h1-6H. The van der Waals surface area contributed by atoms with E-state index in [0.717, 1.165) is 7.14 Å². The largest absolute Gasteiger partial charge is 0.206 e. The maximum Gasteiger partial charge on any atom is 0.138 e. The second-order valence-electron chi connectivity index (χ2n) is 3.32. The average molecular weight is 506 g/mol. The van der Waals surface area contributed by atoms with Gasteiger partial charge >= 0.3 is 0 Å². The van der Waals surface area contributed by atoms with Gasteiger partial charge in [0.1, 0.15) is 11.6 Å². The van der Waals surface area contributed by atoms with Crippen LogP contribution in [0.4, 0.5) is 8.78 Å². The molecule has 0 heterocycles. The van der Waals surface area contributed by atoms with Gasteiger partial charge in [-0.15, -0.1) is 0 Å². The topological polar surface area (TPSA) is 0 Å². The van der Waals surface area contributed by atoms with Crippen LogP contribution >= 0.6 is 66.8 Å². The maximum absolute atomic E-state index is 13.6. The van der Waals surface area contributed by atoms with Crippen LogP contribution in [0.3, 0.4) is 0 Å². The third-order valence-electron chi connectivity index (χ3n) is 2.01. The van der Waals surface area contributed by atoms with Crippen LogP contribution in [-0.4, -0.2) is 0 Å². The fourth-order valence-corrected chi connectivity index (χ4v) is 4.14. The number of halogens is 4. The summed E-state index contributed by atoms with van der Waals surface area (Å²) in [5.74, 6) is -0.546. The van der Waals surface area contributed by atoms with Crippen molar-refractivity contribution in [2.75, 3.05) is 0 Å². The lowest BCUT2D eigenvalue weighted by Gasteiger charge is -2.04. The van der Waals surface area contributed by atoms with Crippen LogP contribution in [-0.2, 0) is 0 Å². The predicted molar refractivity (Wildman–Crippen MR) is 89.9 cm³/mol. The molecule has 0 nitrogen and oxygen atoms in total. The van der Waals surface area contributed by atoms with Crippen molar-refractivity contribution >= 4 is 66.8 Å². The van der Waals surface area contributed by atoms with Crippen LogP contribution in [0.15, 0.2) is 46.2 Å². The van der Waals surface area contributed by atoms with Crippen LogP contribution in [0, 0.1) is 18.8 Å². The molecule has 0 aliphatic carbocycles. The molecule has 0 atom stereocenters. The van der Waals surface area contributed by atoms with Gasteiger partial charge in [0.25, 0.3) is 0 Å². The smallest absolute Gasteiger partial charge is 0.138 e. The summed E-state index contributed by atoms with van der Waals surface area (Å²) >= 11 is 4.11. The second kappa shape index (κ2) is 6.76. The van der Waals surface area contributed by atoms with Crippen LogP contribution in [0.1, 0.15) is 0 Å². The molecule has 6 heteroatoms. The third kappa shape index (κ3) is 3.97. The van der Waals surface area contributed by atoms with Gasteiger partial charge in [-0.3, -0.25) is 0 Å². The summed E-state index contributed by atoms with van der Waals surface area (Å²) in [5.41, 5.74) is 0. The van der Waals surface area contributed by atoms with Gasteiger partial charge in [-0.1, -0.05) is 0 Å². The molecule has 94 valence electrons. The first-order chi connectivity index (χ1) is 8.56. The van der Waals surface area contributed by atoms with Gasteiger partial charge in [0.05, 0.1) is 9.79 Å². The van der Waals surface area contributed by atoms with E-state index in [1.54, 1.807) is 12.1 Å². The molecule has 18 heavy (non-hydrogen) atoms. The molecule has 0 bridgehead atoms. The van der Waals surface area contributed by atoms with Gasteiger partial charge in [-0.05, 0) is 103 Å². The van der Waals surface area contributed by atoms with E-state index in [1.807, 2.05) is 12.1 Å². The number of hydrogen-bond donors (Lipinski definition) is 0. The zero-order valence-electron chi connectivity index (χ0n) is 8.79. The Labute approximate surface area is 139 Å². The molecule has 0 aromatic heterocycles. The molecule has 0 radical (unpaired) electrons. The highest BCUT2D eigenvalue weighted by molar-refractivity contribution is 14.1. The number of rotatable bonds is 3.